The van der Waals surface area contributed by atoms with E-state index >= 15 is 0 Å². The van der Waals surface area contributed by atoms with E-state index < -0.39 is 0 Å². The fourth-order valence-corrected chi connectivity index (χ4v) is 3.94. The summed E-state index contributed by atoms with van der Waals surface area (Å²) in [6, 6.07) is 19.7. The van der Waals surface area contributed by atoms with Crippen molar-refractivity contribution in [2.75, 3.05) is 24.1 Å². The predicted molar refractivity (Wildman–Crippen MR) is 125 cm³/mol. The lowest BCUT2D eigenvalue weighted by molar-refractivity contribution is -0.126. The zero-order valence-electron chi connectivity index (χ0n) is 18.2. The number of nitrogens with two attached hydrogens (primary N) is 1. The van der Waals surface area contributed by atoms with Gasteiger partial charge in [0.25, 0.3) is 0 Å². The van der Waals surface area contributed by atoms with Crippen molar-refractivity contribution in [3.05, 3.63) is 72.1 Å². The molecule has 1 aliphatic heterocycles. The minimum Gasteiger partial charge on any atom is -0.368 e. The van der Waals surface area contributed by atoms with Crippen LogP contribution < -0.4 is 16.4 Å². The molecule has 0 aliphatic carbocycles. The predicted octanol–water partition coefficient (Wildman–Crippen LogP) is 3.29. The Bertz CT molecular complexity index is 1020. The molecule has 0 radical (unpaired) electrons. The maximum absolute atomic E-state index is 12.6. The van der Waals surface area contributed by atoms with Gasteiger partial charge in [0.05, 0.1) is 6.04 Å². The number of aromatic nitrogens is 3. The van der Waals surface area contributed by atoms with Crippen LogP contribution in [0, 0.1) is 5.92 Å². The second-order valence-corrected chi connectivity index (χ2v) is 8.06. The lowest BCUT2D eigenvalue weighted by Gasteiger charge is -2.34. The molecule has 1 aromatic heterocycles. The molecule has 0 unspecified atom stereocenters. The van der Waals surface area contributed by atoms with Crippen LogP contribution in [0.1, 0.15) is 37.2 Å². The molecule has 8 nitrogen and oxygen atoms in total. The second-order valence-electron chi connectivity index (χ2n) is 8.06. The monoisotopic (exact) mass is 431 g/mol. The van der Waals surface area contributed by atoms with E-state index in [1.807, 2.05) is 60.7 Å². The first kappa shape index (κ1) is 21.7. The first-order valence-corrected chi connectivity index (χ1v) is 11.0. The van der Waals surface area contributed by atoms with Gasteiger partial charge in [0.1, 0.15) is 0 Å². The first-order chi connectivity index (χ1) is 15.6. The van der Waals surface area contributed by atoms with Gasteiger partial charge in [0, 0.05) is 18.2 Å². The van der Waals surface area contributed by atoms with Gasteiger partial charge in [0.15, 0.2) is 5.82 Å². The molecule has 166 valence electrons. The van der Waals surface area contributed by atoms with Crippen LogP contribution in [0.25, 0.3) is 0 Å². The third-order valence-electron chi connectivity index (χ3n) is 5.83. The Morgan fingerprint density at radius 3 is 2.38 bits per heavy atom. The molecular weight excluding hydrogens is 402 g/mol. The number of nitrogens with one attached hydrogen (secondary N) is 2. The molecule has 3 aromatic rings. The summed E-state index contributed by atoms with van der Waals surface area (Å²) < 4.78 is 0. The van der Waals surface area contributed by atoms with Gasteiger partial charge in [0.2, 0.25) is 17.8 Å². The standard InChI is InChI=1S/C24H29N7O/c1-17(21-28-23(25)30-24(29-21)27-20-10-6-3-7-11-20)31-14-12-19(13-15-31)22(32)26-16-18-8-4-2-5-9-18/h2-11,17,19H,12-16H2,1H3,(H,26,32)(H3,25,27,28,29,30)/t17-/m1/s1. The number of hydrogen-bond donors (Lipinski definition) is 3. The Kier molecular flexibility index (Phi) is 6.91. The molecule has 0 spiro atoms. The van der Waals surface area contributed by atoms with Crippen molar-refractivity contribution in [2.45, 2.75) is 32.4 Å². The van der Waals surface area contributed by atoms with Crippen molar-refractivity contribution in [1.29, 1.82) is 0 Å². The van der Waals surface area contributed by atoms with Crippen LogP contribution in [0.4, 0.5) is 17.6 Å². The smallest absolute Gasteiger partial charge is 0.232 e. The Morgan fingerprint density at radius 2 is 1.69 bits per heavy atom. The number of carbonyl (C=O) groups excluding carboxylic acids is 1. The molecule has 1 atom stereocenters. The number of carbonyl (C=O) groups is 1. The van der Waals surface area contributed by atoms with Crippen LogP contribution in [0.5, 0.6) is 0 Å². The molecule has 1 amide bonds. The fourth-order valence-electron chi connectivity index (χ4n) is 3.94. The maximum atomic E-state index is 12.6. The van der Waals surface area contributed by atoms with E-state index in [0.29, 0.717) is 18.3 Å². The van der Waals surface area contributed by atoms with Crippen LogP contribution in [-0.2, 0) is 11.3 Å². The van der Waals surface area contributed by atoms with E-state index in [9.17, 15) is 4.79 Å². The van der Waals surface area contributed by atoms with Gasteiger partial charge in [-0.15, -0.1) is 0 Å². The summed E-state index contributed by atoms with van der Waals surface area (Å²) in [6.45, 7) is 4.24. The van der Waals surface area contributed by atoms with Gasteiger partial charge in [-0.05, 0) is 50.6 Å². The lowest BCUT2D eigenvalue weighted by atomic mass is 9.95. The SMILES string of the molecule is C[C@H](c1nc(N)nc(Nc2ccccc2)n1)N1CCC(C(=O)NCc2ccccc2)CC1. The minimum absolute atomic E-state index is 0.0232. The second kappa shape index (κ2) is 10.2. The summed E-state index contributed by atoms with van der Waals surface area (Å²) in [7, 11) is 0. The van der Waals surface area contributed by atoms with Crippen LogP contribution in [-0.4, -0.2) is 38.8 Å². The van der Waals surface area contributed by atoms with Crippen molar-refractivity contribution in [1.82, 2.24) is 25.2 Å². The third-order valence-corrected chi connectivity index (χ3v) is 5.83. The van der Waals surface area contributed by atoms with Gasteiger partial charge >= 0.3 is 0 Å². The highest BCUT2D eigenvalue weighted by Gasteiger charge is 2.29. The topological polar surface area (TPSA) is 109 Å². The molecule has 2 heterocycles. The number of nitrogen functional groups attached to an aromatic ring is 1. The largest absolute Gasteiger partial charge is 0.368 e. The zero-order chi connectivity index (χ0) is 22.3. The molecule has 0 saturated carbocycles. The summed E-state index contributed by atoms with van der Waals surface area (Å²) >= 11 is 0. The van der Waals surface area contributed by atoms with E-state index in [4.69, 9.17) is 5.73 Å². The summed E-state index contributed by atoms with van der Waals surface area (Å²) in [5, 5.41) is 6.25. The molecule has 1 saturated heterocycles. The molecule has 0 bridgehead atoms. The highest BCUT2D eigenvalue weighted by Crippen LogP contribution is 2.26. The summed E-state index contributed by atoms with van der Waals surface area (Å²) in [6.07, 6.45) is 1.61. The third kappa shape index (κ3) is 5.59. The number of hydrogen-bond acceptors (Lipinski definition) is 7. The number of likely N-dealkylation sites (tertiary alicyclic amines) is 1. The van der Waals surface area contributed by atoms with Crippen molar-refractivity contribution in [2.24, 2.45) is 5.92 Å². The number of benzene rings is 2. The van der Waals surface area contributed by atoms with E-state index in [1.54, 1.807) is 0 Å². The number of anilines is 3. The van der Waals surface area contributed by atoms with Crippen molar-refractivity contribution in [3.8, 4) is 0 Å². The number of rotatable bonds is 7. The van der Waals surface area contributed by atoms with Crippen LogP contribution >= 0.6 is 0 Å². The zero-order valence-corrected chi connectivity index (χ0v) is 18.2. The highest BCUT2D eigenvalue weighted by atomic mass is 16.1. The number of amides is 1. The Morgan fingerprint density at radius 1 is 1.03 bits per heavy atom. The molecule has 1 fully saturated rings. The van der Waals surface area contributed by atoms with Crippen molar-refractivity contribution in [3.63, 3.8) is 0 Å². The molecule has 4 rings (SSSR count). The summed E-state index contributed by atoms with van der Waals surface area (Å²) in [5.41, 5.74) is 7.95. The molecule has 2 aromatic carbocycles. The van der Waals surface area contributed by atoms with E-state index in [1.165, 1.54) is 0 Å². The fraction of sp³-hybridized carbons (Fsp3) is 0.333. The number of piperidine rings is 1. The maximum Gasteiger partial charge on any atom is 0.232 e. The van der Waals surface area contributed by atoms with E-state index in [2.05, 4.69) is 37.4 Å². The van der Waals surface area contributed by atoms with Gasteiger partial charge in [-0.25, -0.2) is 0 Å². The van der Waals surface area contributed by atoms with Gasteiger partial charge in [-0.2, -0.15) is 15.0 Å². The number of nitrogens with zero attached hydrogens (tertiary/aromatic N) is 4. The van der Waals surface area contributed by atoms with E-state index in [0.717, 1.165) is 37.2 Å². The molecule has 1 aliphatic rings. The molecular formula is C24H29N7O. The quantitative estimate of drug-likeness (QED) is 0.527. The Hall–Kier alpha value is -3.52. The van der Waals surface area contributed by atoms with Crippen LogP contribution in [0.2, 0.25) is 0 Å². The van der Waals surface area contributed by atoms with Gasteiger partial charge in [-0.3, -0.25) is 9.69 Å². The van der Waals surface area contributed by atoms with Crippen LogP contribution in [0.3, 0.4) is 0 Å². The average Bonchev–Trinajstić information content (AvgIpc) is 2.83. The summed E-state index contributed by atoms with van der Waals surface area (Å²) in [5.74, 6) is 1.40. The highest BCUT2D eigenvalue weighted by molar-refractivity contribution is 5.78. The summed E-state index contributed by atoms with van der Waals surface area (Å²) in [4.78, 5) is 28.0. The minimum atomic E-state index is -0.0232. The first-order valence-electron chi connectivity index (χ1n) is 11.0. The van der Waals surface area contributed by atoms with E-state index in [-0.39, 0.29) is 23.8 Å². The van der Waals surface area contributed by atoms with Gasteiger partial charge < -0.3 is 16.4 Å². The lowest BCUT2D eigenvalue weighted by Crippen LogP contribution is -2.41. The molecule has 32 heavy (non-hydrogen) atoms. The van der Waals surface area contributed by atoms with Gasteiger partial charge in [-0.1, -0.05) is 48.5 Å². The molecule has 8 heteroatoms. The Balaban J connectivity index is 1.33. The Labute approximate surface area is 188 Å². The normalized spacial score (nSPS) is 15.8. The number of para-hydroxylation sites is 1. The van der Waals surface area contributed by atoms with Crippen molar-refractivity contribution >= 4 is 23.5 Å². The van der Waals surface area contributed by atoms with Crippen molar-refractivity contribution < 1.29 is 4.79 Å². The van der Waals surface area contributed by atoms with Crippen LogP contribution in [0.15, 0.2) is 60.7 Å². The average molecular weight is 432 g/mol. The molecule has 4 N–H and O–H groups in total.